The number of rotatable bonds is 6. The van der Waals surface area contributed by atoms with Crippen LogP contribution in [0.4, 0.5) is 0 Å². The van der Waals surface area contributed by atoms with Crippen molar-refractivity contribution >= 4 is 15.7 Å². The number of benzene rings is 2. The number of sulfone groups is 1. The van der Waals surface area contributed by atoms with Gasteiger partial charge in [0, 0.05) is 37.3 Å². The van der Waals surface area contributed by atoms with Crippen LogP contribution in [0.5, 0.6) is 0 Å². The molecule has 0 saturated carbocycles. The number of hydrogen-bond donors (Lipinski definition) is 0. The van der Waals surface area contributed by atoms with Gasteiger partial charge in [-0.25, -0.2) is 13.1 Å². The summed E-state index contributed by atoms with van der Waals surface area (Å²) in [6, 6.07) is 19.8. The molecule has 1 saturated heterocycles. The molecule has 2 heterocycles. The fourth-order valence-corrected chi connectivity index (χ4v) is 5.72. The SMILES string of the molecule is CN(Cc1cn(-c2ccccc2)nc1-c1ccccc1)C(=O)C[C@@H]1CCS(=O)(=O)C1. The monoisotopic (exact) mass is 423 g/mol. The summed E-state index contributed by atoms with van der Waals surface area (Å²) >= 11 is 0. The summed E-state index contributed by atoms with van der Waals surface area (Å²) in [4.78, 5) is 14.4. The lowest BCUT2D eigenvalue weighted by molar-refractivity contribution is -0.131. The highest BCUT2D eigenvalue weighted by atomic mass is 32.2. The van der Waals surface area contributed by atoms with Gasteiger partial charge in [-0.2, -0.15) is 5.10 Å². The maximum absolute atomic E-state index is 12.7. The first kappa shape index (κ1) is 20.3. The predicted molar refractivity (Wildman–Crippen MR) is 117 cm³/mol. The smallest absolute Gasteiger partial charge is 0.222 e. The fraction of sp³-hybridized carbons (Fsp3) is 0.304. The van der Waals surface area contributed by atoms with Crippen LogP contribution in [0.2, 0.25) is 0 Å². The Morgan fingerprint density at radius 2 is 1.77 bits per heavy atom. The minimum absolute atomic E-state index is 0.0384. The summed E-state index contributed by atoms with van der Waals surface area (Å²) in [5.74, 6) is 0.193. The summed E-state index contributed by atoms with van der Waals surface area (Å²) in [6.07, 6.45) is 2.80. The van der Waals surface area contributed by atoms with E-state index in [4.69, 9.17) is 5.10 Å². The zero-order valence-electron chi connectivity index (χ0n) is 16.9. The highest BCUT2D eigenvalue weighted by Gasteiger charge is 2.30. The molecular weight excluding hydrogens is 398 g/mol. The molecule has 1 fully saturated rings. The van der Waals surface area contributed by atoms with Crippen LogP contribution in [0.3, 0.4) is 0 Å². The average molecular weight is 424 g/mol. The third kappa shape index (κ3) is 4.62. The van der Waals surface area contributed by atoms with Crippen LogP contribution in [0.25, 0.3) is 16.9 Å². The molecule has 0 bridgehead atoms. The van der Waals surface area contributed by atoms with Gasteiger partial charge in [-0.3, -0.25) is 4.79 Å². The molecule has 1 aromatic heterocycles. The van der Waals surface area contributed by atoms with Gasteiger partial charge in [-0.1, -0.05) is 48.5 Å². The molecule has 1 aliphatic rings. The first-order valence-electron chi connectivity index (χ1n) is 10.0. The second kappa shape index (κ2) is 8.44. The number of para-hydroxylation sites is 1. The van der Waals surface area contributed by atoms with Gasteiger partial charge in [-0.15, -0.1) is 0 Å². The largest absolute Gasteiger partial charge is 0.341 e. The van der Waals surface area contributed by atoms with Crippen LogP contribution >= 0.6 is 0 Å². The number of amides is 1. The zero-order valence-corrected chi connectivity index (χ0v) is 17.8. The van der Waals surface area contributed by atoms with Gasteiger partial charge in [0.1, 0.15) is 0 Å². The first-order valence-corrected chi connectivity index (χ1v) is 11.9. The Morgan fingerprint density at radius 1 is 1.10 bits per heavy atom. The molecule has 2 aromatic carbocycles. The molecule has 1 aliphatic heterocycles. The van der Waals surface area contributed by atoms with Gasteiger partial charge in [0.2, 0.25) is 5.91 Å². The van der Waals surface area contributed by atoms with Crippen molar-refractivity contribution in [1.82, 2.24) is 14.7 Å². The van der Waals surface area contributed by atoms with Crippen LogP contribution in [0.15, 0.2) is 66.9 Å². The molecule has 30 heavy (non-hydrogen) atoms. The van der Waals surface area contributed by atoms with Crippen LogP contribution < -0.4 is 0 Å². The highest BCUT2D eigenvalue weighted by Crippen LogP contribution is 2.26. The Kier molecular flexibility index (Phi) is 5.72. The van der Waals surface area contributed by atoms with Gasteiger partial charge in [0.15, 0.2) is 9.84 Å². The summed E-state index contributed by atoms with van der Waals surface area (Å²) in [6.45, 7) is 0.412. The third-order valence-corrected chi connectivity index (χ3v) is 7.32. The Morgan fingerprint density at radius 3 is 2.40 bits per heavy atom. The van der Waals surface area contributed by atoms with E-state index in [1.807, 2.05) is 71.5 Å². The van der Waals surface area contributed by atoms with Crippen LogP contribution in [0, 0.1) is 5.92 Å². The van der Waals surface area contributed by atoms with Crippen molar-refractivity contribution in [1.29, 1.82) is 0 Å². The molecule has 0 unspecified atom stereocenters. The first-order chi connectivity index (χ1) is 14.4. The summed E-state index contributed by atoms with van der Waals surface area (Å²) < 4.78 is 25.2. The van der Waals surface area contributed by atoms with Gasteiger partial charge in [0.05, 0.1) is 22.9 Å². The summed E-state index contributed by atoms with van der Waals surface area (Å²) in [5.41, 5.74) is 3.72. The zero-order chi connectivity index (χ0) is 21.1. The number of nitrogens with zero attached hydrogens (tertiary/aromatic N) is 3. The minimum atomic E-state index is -2.98. The number of carbonyl (C=O) groups is 1. The van der Waals surface area contributed by atoms with Crippen molar-refractivity contribution in [2.45, 2.75) is 19.4 Å². The Hall–Kier alpha value is -2.93. The van der Waals surface area contributed by atoms with Crippen molar-refractivity contribution in [2.24, 2.45) is 5.92 Å². The number of hydrogen-bond acceptors (Lipinski definition) is 4. The van der Waals surface area contributed by atoms with Gasteiger partial charge >= 0.3 is 0 Å². The minimum Gasteiger partial charge on any atom is -0.341 e. The van der Waals surface area contributed by atoms with E-state index < -0.39 is 9.84 Å². The predicted octanol–water partition coefficient (Wildman–Crippen LogP) is 3.32. The molecule has 0 spiro atoms. The number of aromatic nitrogens is 2. The normalized spacial score (nSPS) is 17.7. The third-order valence-electron chi connectivity index (χ3n) is 5.48. The van der Waals surface area contributed by atoms with Crippen molar-refractivity contribution in [3.63, 3.8) is 0 Å². The summed E-state index contributed by atoms with van der Waals surface area (Å²) in [5, 5.41) is 4.78. The van der Waals surface area contributed by atoms with E-state index in [0.29, 0.717) is 13.0 Å². The van der Waals surface area contributed by atoms with Gasteiger partial charge in [0.25, 0.3) is 0 Å². The summed E-state index contributed by atoms with van der Waals surface area (Å²) in [7, 11) is -1.22. The maximum Gasteiger partial charge on any atom is 0.222 e. The van der Waals surface area contributed by atoms with E-state index in [9.17, 15) is 13.2 Å². The van der Waals surface area contributed by atoms with Crippen LogP contribution in [-0.4, -0.2) is 47.6 Å². The van der Waals surface area contributed by atoms with Crippen molar-refractivity contribution in [2.75, 3.05) is 18.6 Å². The molecule has 0 N–H and O–H groups in total. The van der Waals surface area contributed by atoms with Crippen molar-refractivity contribution in [3.8, 4) is 16.9 Å². The van der Waals surface area contributed by atoms with E-state index >= 15 is 0 Å². The Labute approximate surface area is 177 Å². The molecule has 4 rings (SSSR count). The molecule has 1 atom stereocenters. The molecule has 6 nitrogen and oxygen atoms in total. The van der Waals surface area contributed by atoms with Gasteiger partial charge in [-0.05, 0) is 24.5 Å². The second-order valence-electron chi connectivity index (χ2n) is 7.87. The van der Waals surface area contributed by atoms with E-state index in [1.54, 1.807) is 11.9 Å². The van der Waals surface area contributed by atoms with Crippen LogP contribution in [0.1, 0.15) is 18.4 Å². The average Bonchev–Trinajstić information content (AvgIpc) is 3.32. The molecule has 1 amide bonds. The fourth-order valence-electron chi connectivity index (χ4n) is 3.86. The van der Waals surface area contributed by atoms with E-state index in [-0.39, 0.29) is 29.8 Å². The topological polar surface area (TPSA) is 72.3 Å². The Balaban J connectivity index is 1.56. The van der Waals surface area contributed by atoms with E-state index in [0.717, 1.165) is 22.5 Å². The second-order valence-corrected chi connectivity index (χ2v) is 10.1. The lowest BCUT2D eigenvalue weighted by Crippen LogP contribution is -2.28. The molecule has 7 heteroatoms. The van der Waals surface area contributed by atoms with E-state index in [2.05, 4.69) is 0 Å². The molecule has 0 aliphatic carbocycles. The molecule has 3 aromatic rings. The lowest BCUT2D eigenvalue weighted by Gasteiger charge is -2.19. The molecule has 156 valence electrons. The quantitative estimate of drug-likeness (QED) is 0.610. The standard InChI is InChI=1S/C23H25N3O3S/c1-25(22(27)14-18-12-13-30(28,29)17-18)15-20-16-26(21-10-6-3-7-11-21)24-23(20)19-8-4-2-5-9-19/h2-11,16,18H,12-15,17H2,1H3/t18-/m0/s1. The van der Waals surface area contributed by atoms with Gasteiger partial charge < -0.3 is 4.90 Å². The lowest BCUT2D eigenvalue weighted by atomic mass is 10.0. The number of carbonyl (C=O) groups excluding carboxylic acids is 1. The van der Waals surface area contributed by atoms with Crippen molar-refractivity contribution < 1.29 is 13.2 Å². The molecular formula is C23H25N3O3S. The van der Waals surface area contributed by atoms with Crippen molar-refractivity contribution in [3.05, 3.63) is 72.4 Å². The highest BCUT2D eigenvalue weighted by molar-refractivity contribution is 7.91. The molecule has 0 radical (unpaired) electrons. The van der Waals surface area contributed by atoms with Crippen LogP contribution in [-0.2, 0) is 21.2 Å². The Bertz CT molecular complexity index is 1130. The van der Waals surface area contributed by atoms with E-state index in [1.165, 1.54) is 0 Å². The maximum atomic E-state index is 12.7.